The van der Waals surface area contributed by atoms with E-state index in [1.165, 1.54) is 14.2 Å². The molecular formula is C29H64O12Si2. The molecule has 0 saturated heterocycles. The Morgan fingerprint density at radius 1 is 0.674 bits per heavy atom. The van der Waals surface area contributed by atoms with Crippen LogP contribution in [0.2, 0.25) is 36.3 Å². The standard InChI is InChI=1S/C11H26O3Si.C9H16O6.C9H22O3Si/c1-11(2,3)15(6,7)14-9-10(13-5)8-12-4;1-13-5-7(14-2)6-15-9(12)4-3-8(10)11;1-9(2,3)13(4,5)12-7-8(11)6-10/h10H,8-9H2,1-7H3;7H,3-6H2,1-2H3,(H,10,11);8,10-11H,6-7H2,1-5H3. The molecule has 3 unspecified atom stereocenters. The van der Waals surface area contributed by atoms with Crippen molar-refractivity contribution in [1.29, 1.82) is 0 Å². The molecule has 0 aliphatic carbocycles. The largest absolute Gasteiger partial charge is 0.481 e. The van der Waals surface area contributed by atoms with Crippen LogP contribution >= 0.6 is 0 Å². The fraction of sp³-hybridized carbons (Fsp3) is 0.931. The predicted octanol–water partition coefficient (Wildman–Crippen LogP) is 4.09. The number of carbonyl (C=O) groups excluding carboxylic acids is 1. The van der Waals surface area contributed by atoms with Crippen molar-refractivity contribution >= 4 is 28.6 Å². The number of esters is 1. The first-order valence-corrected chi connectivity index (χ1v) is 20.3. The van der Waals surface area contributed by atoms with Gasteiger partial charge in [-0.15, -0.1) is 0 Å². The summed E-state index contributed by atoms with van der Waals surface area (Å²) in [6.07, 6.45) is -1.36. The summed E-state index contributed by atoms with van der Waals surface area (Å²) >= 11 is 0. The number of methoxy groups -OCH3 is 4. The fourth-order valence-electron chi connectivity index (χ4n) is 2.30. The van der Waals surface area contributed by atoms with Crippen LogP contribution in [0, 0.1) is 0 Å². The minimum Gasteiger partial charge on any atom is -0.481 e. The monoisotopic (exact) mass is 660 g/mol. The van der Waals surface area contributed by atoms with Crippen LogP contribution in [0.15, 0.2) is 0 Å². The van der Waals surface area contributed by atoms with E-state index in [4.69, 9.17) is 47.9 Å². The van der Waals surface area contributed by atoms with Crippen molar-refractivity contribution < 1.29 is 57.4 Å². The molecule has 0 fully saturated rings. The molecule has 14 heteroatoms. The lowest BCUT2D eigenvalue weighted by molar-refractivity contribution is -0.151. The smallest absolute Gasteiger partial charge is 0.306 e. The highest BCUT2D eigenvalue weighted by molar-refractivity contribution is 6.74. The number of carboxylic acids is 1. The van der Waals surface area contributed by atoms with Gasteiger partial charge in [-0.1, -0.05) is 41.5 Å². The Labute approximate surface area is 262 Å². The van der Waals surface area contributed by atoms with Gasteiger partial charge in [0, 0.05) is 28.4 Å². The number of hydrogen-bond donors (Lipinski definition) is 3. The number of carbonyl (C=O) groups is 2. The molecule has 0 aromatic rings. The third kappa shape index (κ3) is 24.0. The zero-order valence-corrected chi connectivity index (χ0v) is 31.4. The Bertz CT molecular complexity index is 721. The van der Waals surface area contributed by atoms with Gasteiger partial charge >= 0.3 is 11.9 Å². The number of aliphatic hydroxyl groups is 2. The van der Waals surface area contributed by atoms with Gasteiger partial charge in [-0.25, -0.2) is 0 Å². The van der Waals surface area contributed by atoms with Gasteiger partial charge in [-0.05, 0) is 36.3 Å². The van der Waals surface area contributed by atoms with E-state index < -0.39 is 34.7 Å². The lowest BCUT2D eigenvalue weighted by Gasteiger charge is -2.37. The van der Waals surface area contributed by atoms with Crippen LogP contribution in [-0.4, -0.2) is 130 Å². The van der Waals surface area contributed by atoms with E-state index in [1.54, 1.807) is 14.2 Å². The molecule has 0 aromatic heterocycles. The Hall–Kier alpha value is -0.946. The van der Waals surface area contributed by atoms with E-state index in [2.05, 4.69) is 67.7 Å². The first kappa shape index (κ1) is 46.5. The lowest BCUT2D eigenvalue weighted by Crippen LogP contribution is -2.43. The van der Waals surface area contributed by atoms with Crippen LogP contribution in [0.25, 0.3) is 0 Å². The summed E-state index contributed by atoms with van der Waals surface area (Å²) < 4.78 is 36.6. The van der Waals surface area contributed by atoms with Crippen LogP contribution in [-0.2, 0) is 42.1 Å². The summed E-state index contributed by atoms with van der Waals surface area (Å²) in [6.45, 7) is 23.5. The molecule has 0 bridgehead atoms. The molecule has 3 N–H and O–H groups in total. The van der Waals surface area contributed by atoms with Crippen molar-refractivity contribution in [1.82, 2.24) is 0 Å². The summed E-state index contributed by atoms with van der Waals surface area (Å²) in [7, 11) is 2.96. The van der Waals surface area contributed by atoms with Gasteiger partial charge in [-0.2, -0.15) is 0 Å². The minimum atomic E-state index is -1.76. The second-order valence-electron chi connectivity index (χ2n) is 13.2. The van der Waals surface area contributed by atoms with Gasteiger partial charge in [0.15, 0.2) is 16.6 Å². The SMILES string of the molecule is CC(C)(C)[Si](C)(C)OCC(O)CO.COCC(COC(=O)CCC(=O)O)OC.COCC(CO[Si](C)(C)C(C)(C)C)OC. The molecule has 0 heterocycles. The number of carboxylic acid groups (broad SMARTS) is 1. The first-order valence-electron chi connectivity index (χ1n) is 14.5. The molecule has 0 saturated carbocycles. The summed E-state index contributed by atoms with van der Waals surface area (Å²) in [4.78, 5) is 21.1. The molecule has 0 spiro atoms. The second-order valence-corrected chi connectivity index (χ2v) is 22.8. The van der Waals surface area contributed by atoms with Crippen molar-refractivity contribution in [3.05, 3.63) is 0 Å². The van der Waals surface area contributed by atoms with E-state index >= 15 is 0 Å². The topological polar surface area (TPSA) is 159 Å². The average molecular weight is 661 g/mol. The molecule has 0 aromatic carbocycles. The molecular weight excluding hydrogens is 596 g/mol. The Kier molecular flexibility index (Phi) is 25.3. The molecule has 0 aliphatic rings. The summed E-state index contributed by atoms with van der Waals surface area (Å²) in [5, 5.41) is 26.5. The van der Waals surface area contributed by atoms with Crippen LogP contribution in [0.3, 0.4) is 0 Å². The average Bonchev–Trinajstić information content (AvgIpc) is 2.90. The van der Waals surface area contributed by atoms with Gasteiger partial charge in [0.1, 0.15) is 18.8 Å². The summed E-state index contributed by atoms with van der Waals surface area (Å²) in [6, 6.07) is 0. The zero-order valence-electron chi connectivity index (χ0n) is 29.4. The van der Waals surface area contributed by atoms with Crippen molar-refractivity contribution in [2.75, 3.05) is 68.1 Å². The second kappa shape index (κ2) is 23.4. The lowest BCUT2D eigenvalue weighted by atomic mass is 10.2. The van der Waals surface area contributed by atoms with Crippen LogP contribution in [0.5, 0.6) is 0 Å². The van der Waals surface area contributed by atoms with Gasteiger partial charge < -0.3 is 47.9 Å². The number of ether oxygens (including phenoxy) is 5. The molecule has 0 amide bonds. The zero-order chi connectivity index (χ0) is 34.5. The molecule has 0 rings (SSSR count). The van der Waals surface area contributed by atoms with Crippen molar-refractivity contribution in [3.63, 3.8) is 0 Å². The minimum absolute atomic E-state index is 0.0455. The van der Waals surface area contributed by atoms with Gasteiger partial charge in [-0.3, -0.25) is 9.59 Å². The fourth-order valence-corrected chi connectivity index (χ4v) is 4.38. The van der Waals surface area contributed by atoms with Gasteiger partial charge in [0.25, 0.3) is 0 Å². The Morgan fingerprint density at radius 2 is 1.07 bits per heavy atom. The maximum Gasteiger partial charge on any atom is 0.306 e. The van der Waals surface area contributed by atoms with Crippen LogP contribution in [0.1, 0.15) is 54.4 Å². The molecule has 260 valence electrons. The molecule has 3 atom stereocenters. The number of rotatable bonds is 18. The molecule has 12 nitrogen and oxygen atoms in total. The Balaban J connectivity index is -0.000000560. The predicted molar refractivity (Wildman–Crippen MR) is 173 cm³/mol. The number of aliphatic hydroxyl groups excluding tert-OH is 2. The van der Waals surface area contributed by atoms with Crippen LogP contribution in [0.4, 0.5) is 0 Å². The van der Waals surface area contributed by atoms with E-state index in [1.807, 2.05) is 0 Å². The maximum absolute atomic E-state index is 11.0. The normalized spacial score (nSPS) is 14.4. The highest BCUT2D eigenvalue weighted by Gasteiger charge is 2.38. The van der Waals surface area contributed by atoms with E-state index in [-0.39, 0.29) is 54.9 Å². The van der Waals surface area contributed by atoms with Gasteiger partial charge in [0.2, 0.25) is 0 Å². The van der Waals surface area contributed by atoms with E-state index in [0.717, 1.165) is 0 Å². The number of hydrogen-bond acceptors (Lipinski definition) is 11. The Morgan fingerprint density at radius 3 is 1.40 bits per heavy atom. The van der Waals surface area contributed by atoms with Crippen molar-refractivity contribution in [3.8, 4) is 0 Å². The highest BCUT2D eigenvalue weighted by Crippen LogP contribution is 2.37. The third-order valence-corrected chi connectivity index (χ3v) is 16.4. The molecule has 43 heavy (non-hydrogen) atoms. The molecule has 0 radical (unpaired) electrons. The van der Waals surface area contributed by atoms with Crippen LogP contribution < -0.4 is 0 Å². The maximum atomic E-state index is 11.0. The van der Waals surface area contributed by atoms with E-state index in [0.29, 0.717) is 19.8 Å². The third-order valence-electron chi connectivity index (χ3n) is 7.43. The van der Waals surface area contributed by atoms with Crippen molar-refractivity contribution in [2.24, 2.45) is 0 Å². The highest BCUT2D eigenvalue weighted by atomic mass is 28.4. The number of aliphatic carboxylic acids is 1. The molecule has 0 aliphatic heterocycles. The van der Waals surface area contributed by atoms with Gasteiger partial charge in [0.05, 0.1) is 52.0 Å². The van der Waals surface area contributed by atoms with Crippen molar-refractivity contribution in [2.45, 2.75) is 109 Å². The summed E-state index contributed by atoms with van der Waals surface area (Å²) in [5.41, 5.74) is 0. The van der Waals surface area contributed by atoms with E-state index in [9.17, 15) is 9.59 Å². The summed E-state index contributed by atoms with van der Waals surface area (Å²) in [5.74, 6) is -1.57. The first-order chi connectivity index (χ1) is 19.5. The quantitative estimate of drug-likeness (QED) is 0.143.